The highest BCUT2D eigenvalue weighted by Crippen LogP contribution is 2.19. The molecule has 0 saturated heterocycles. The molecule has 2 amide bonds. The van der Waals surface area contributed by atoms with Gasteiger partial charge in [-0.05, 0) is 24.3 Å². The maximum Gasteiger partial charge on any atom is 0.258 e. The first kappa shape index (κ1) is 11.2. The van der Waals surface area contributed by atoms with Crippen molar-refractivity contribution in [3.05, 3.63) is 42.0 Å². The van der Waals surface area contributed by atoms with E-state index in [2.05, 4.69) is 0 Å². The Kier molecular flexibility index (Phi) is 2.84. The maximum absolute atomic E-state index is 11.4. The van der Waals surface area contributed by atoms with Crippen LogP contribution in [0.15, 0.2) is 36.4 Å². The summed E-state index contributed by atoms with van der Waals surface area (Å²) in [6.07, 6.45) is 2.38. The molecule has 2 rings (SSSR count). The molecule has 1 N–H and O–H groups in total. The lowest BCUT2D eigenvalue weighted by Gasteiger charge is -2.13. The molecule has 17 heavy (non-hydrogen) atoms. The van der Waals surface area contributed by atoms with E-state index in [1.165, 1.54) is 36.4 Å². The van der Waals surface area contributed by atoms with E-state index in [0.29, 0.717) is 11.3 Å². The number of Topliss-reactive ketones (excluding diaryl/α,β-unsaturated/α-hetero) is 1. The first-order valence-corrected chi connectivity index (χ1v) is 4.94. The molecule has 0 saturated carbocycles. The van der Waals surface area contributed by atoms with Gasteiger partial charge < -0.3 is 5.11 Å². The molecule has 1 aliphatic heterocycles. The van der Waals surface area contributed by atoms with Gasteiger partial charge in [0.05, 0.1) is 5.69 Å². The average molecular weight is 231 g/mol. The summed E-state index contributed by atoms with van der Waals surface area (Å²) >= 11 is 0. The van der Waals surface area contributed by atoms with Crippen molar-refractivity contribution in [2.24, 2.45) is 0 Å². The fourth-order valence-corrected chi connectivity index (χ4v) is 1.54. The molecule has 5 heteroatoms. The van der Waals surface area contributed by atoms with E-state index in [-0.39, 0.29) is 0 Å². The number of imide groups is 1. The van der Waals surface area contributed by atoms with Crippen LogP contribution in [-0.4, -0.2) is 29.3 Å². The van der Waals surface area contributed by atoms with Crippen LogP contribution < -0.4 is 4.90 Å². The molecular weight excluding hydrogens is 222 g/mol. The molecule has 86 valence electrons. The summed E-state index contributed by atoms with van der Waals surface area (Å²) in [6.45, 7) is -0.567. The number of carbonyl (C=O) groups excluding carboxylic acids is 3. The number of amides is 2. The van der Waals surface area contributed by atoms with Crippen molar-refractivity contribution in [1.82, 2.24) is 0 Å². The third-order valence-corrected chi connectivity index (χ3v) is 2.40. The molecule has 5 nitrogen and oxygen atoms in total. The van der Waals surface area contributed by atoms with Gasteiger partial charge in [-0.3, -0.25) is 14.4 Å². The molecule has 0 radical (unpaired) electrons. The summed E-state index contributed by atoms with van der Waals surface area (Å²) in [5.41, 5.74) is 0.739. The second kappa shape index (κ2) is 4.31. The molecule has 1 aromatic rings. The van der Waals surface area contributed by atoms with E-state index in [0.717, 1.165) is 4.90 Å². The van der Waals surface area contributed by atoms with Crippen molar-refractivity contribution in [2.75, 3.05) is 11.5 Å². The van der Waals surface area contributed by atoms with Gasteiger partial charge in [-0.1, -0.05) is 0 Å². The number of anilines is 1. The standard InChI is InChI=1S/C12H9NO4/c14-7-10(15)8-1-3-9(4-2-8)13-11(16)5-6-12(13)17/h1-6,14H,7H2. The molecule has 0 spiro atoms. The predicted molar refractivity (Wildman–Crippen MR) is 59.5 cm³/mol. The number of aliphatic hydroxyl groups is 1. The first-order valence-electron chi connectivity index (χ1n) is 4.94. The van der Waals surface area contributed by atoms with Crippen LogP contribution in [0.1, 0.15) is 10.4 Å². The molecule has 1 aliphatic rings. The second-order valence-corrected chi connectivity index (χ2v) is 3.47. The number of hydrogen-bond acceptors (Lipinski definition) is 4. The number of nitrogens with zero attached hydrogens (tertiary/aromatic N) is 1. The van der Waals surface area contributed by atoms with Crippen molar-refractivity contribution in [3.8, 4) is 0 Å². The molecule has 0 unspecified atom stereocenters. The Bertz CT molecular complexity index is 498. The Morgan fingerprint density at radius 3 is 2.06 bits per heavy atom. The summed E-state index contributed by atoms with van der Waals surface area (Å²) in [7, 11) is 0. The summed E-state index contributed by atoms with van der Waals surface area (Å²) in [5.74, 6) is -1.22. The lowest BCUT2D eigenvalue weighted by molar-refractivity contribution is -0.119. The molecule has 1 heterocycles. The molecular formula is C12H9NO4. The minimum atomic E-state index is -0.567. The largest absolute Gasteiger partial charge is 0.388 e. The first-order chi connectivity index (χ1) is 8.13. The van der Waals surface area contributed by atoms with Gasteiger partial charge in [-0.2, -0.15) is 0 Å². The fraction of sp³-hybridized carbons (Fsp3) is 0.0833. The second-order valence-electron chi connectivity index (χ2n) is 3.47. The van der Waals surface area contributed by atoms with Crippen LogP contribution in [0.4, 0.5) is 5.69 Å². The van der Waals surface area contributed by atoms with Crippen molar-refractivity contribution >= 4 is 23.3 Å². The van der Waals surface area contributed by atoms with E-state index in [1.807, 2.05) is 0 Å². The number of benzene rings is 1. The number of ketones is 1. The van der Waals surface area contributed by atoms with E-state index in [1.54, 1.807) is 0 Å². The van der Waals surface area contributed by atoms with Gasteiger partial charge in [0.25, 0.3) is 11.8 Å². The van der Waals surface area contributed by atoms with E-state index in [4.69, 9.17) is 5.11 Å². The number of carbonyl (C=O) groups is 3. The third-order valence-electron chi connectivity index (χ3n) is 2.40. The molecule has 0 bridgehead atoms. The van der Waals surface area contributed by atoms with Gasteiger partial charge in [-0.15, -0.1) is 0 Å². The summed E-state index contributed by atoms with van der Waals surface area (Å²) in [4.78, 5) is 34.9. The fourth-order valence-electron chi connectivity index (χ4n) is 1.54. The molecule has 0 atom stereocenters. The van der Waals surface area contributed by atoms with Gasteiger partial charge in [0, 0.05) is 17.7 Å². The summed E-state index contributed by atoms with van der Waals surface area (Å²) < 4.78 is 0. The summed E-state index contributed by atoms with van der Waals surface area (Å²) in [5, 5.41) is 8.67. The highest BCUT2D eigenvalue weighted by Gasteiger charge is 2.24. The van der Waals surface area contributed by atoms with Crippen LogP contribution in [-0.2, 0) is 9.59 Å². The minimum Gasteiger partial charge on any atom is -0.388 e. The van der Waals surface area contributed by atoms with E-state index in [9.17, 15) is 14.4 Å². The Morgan fingerprint density at radius 2 is 1.59 bits per heavy atom. The number of aliphatic hydroxyl groups excluding tert-OH is 1. The zero-order valence-electron chi connectivity index (χ0n) is 8.79. The smallest absolute Gasteiger partial charge is 0.258 e. The van der Waals surface area contributed by atoms with Crippen LogP contribution >= 0.6 is 0 Å². The monoisotopic (exact) mass is 231 g/mol. The van der Waals surface area contributed by atoms with Gasteiger partial charge in [0.2, 0.25) is 0 Å². The van der Waals surface area contributed by atoms with Crippen molar-refractivity contribution in [3.63, 3.8) is 0 Å². The van der Waals surface area contributed by atoms with Crippen LogP contribution in [0, 0.1) is 0 Å². The topological polar surface area (TPSA) is 74.7 Å². The molecule has 1 aromatic carbocycles. The summed E-state index contributed by atoms with van der Waals surface area (Å²) in [6, 6.07) is 5.91. The zero-order chi connectivity index (χ0) is 12.4. The predicted octanol–water partition coefficient (Wildman–Crippen LogP) is 0.291. The normalized spacial score (nSPS) is 14.5. The SMILES string of the molecule is O=C(CO)c1ccc(N2C(=O)C=CC2=O)cc1. The molecule has 0 fully saturated rings. The number of hydrogen-bond donors (Lipinski definition) is 1. The lowest BCUT2D eigenvalue weighted by Crippen LogP contribution is -2.29. The van der Waals surface area contributed by atoms with E-state index < -0.39 is 24.2 Å². The van der Waals surface area contributed by atoms with Crippen LogP contribution in [0.5, 0.6) is 0 Å². The van der Waals surface area contributed by atoms with E-state index >= 15 is 0 Å². The van der Waals surface area contributed by atoms with Gasteiger partial charge in [-0.25, -0.2) is 4.90 Å². The van der Waals surface area contributed by atoms with Crippen molar-refractivity contribution < 1.29 is 19.5 Å². The van der Waals surface area contributed by atoms with Crippen LogP contribution in [0.25, 0.3) is 0 Å². The highest BCUT2D eigenvalue weighted by molar-refractivity contribution is 6.28. The highest BCUT2D eigenvalue weighted by atomic mass is 16.3. The third kappa shape index (κ3) is 2.00. The van der Waals surface area contributed by atoms with Crippen LogP contribution in [0.2, 0.25) is 0 Å². The Hall–Kier alpha value is -2.27. The molecule has 0 aliphatic carbocycles. The zero-order valence-corrected chi connectivity index (χ0v) is 8.79. The van der Waals surface area contributed by atoms with Gasteiger partial charge >= 0.3 is 0 Å². The number of rotatable bonds is 3. The van der Waals surface area contributed by atoms with Crippen molar-refractivity contribution in [2.45, 2.75) is 0 Å². The van der Waals surface area contributed by atoms with Gasteiger partial charge in [0.1, 0.15) is 6.61 Å². The quantitative estimate of drug-likeness (QED) is 0.599. The Balaban J connectivity index is 2.27. The minimum absolute atomic E-state index is 0.336. The van der Waals surface area contributed by atoms with Gasteiger partial charge in [0.15, 0.2) is 5.78 Å². The maximum atomic E-state index is 11.4. The lowest BCUT2D eigenvalue weighted by atomic mass is 10.1. The van der Waals surface area contributed by atoms with Crippen molar-refractivity contribution in [1.29, 1.82) is 0 Å². The Labute approximate surface area is 97.0 Å². The molecule has 0 aromatic heterocycles. The average Bonchev–Trinajstić information content (AvgIpc) is 2.68. The Morgan fingerprint density at radius 1 is 1.06 bits per heavy atom. The van der Waals surface area contributed by atoms with Crippen LogP contribution in [0.3, 0.4) is 0 Å².